The van der Waals surface area contributed by atoms with Gasteiger partial charge in [-0.25, -0.2) is 0 Å². The lowest BCUT2D eigenvalue weighted by Gasteiger charge is -2.40. The fourth-order valence-electron chi connectivity index (χ4n) is 4.84. The van der Waals surface area contributed by atoms with E-state index in [1.54, 1.807) is 6.07 Å². The number of carbonyl (C=O) groups is 1. The van der Waals surface area contributed by atoms with Gasteiger partial charge in [0, 0.05) is 5.56 Å². The number of carbonyl (C=O) groups excluding carboxylic acids is 1. The molecule has 0 radical (unpaired) electrons. The van der Waals surface area contributed by atoms with Gasteiger partial charge in [0.25, 0.3) is 0 Å². The zero-order valence-electron chi connectivity index (χ0n) is 12.9. The minimum absolute atomic E-state index is 0.225. The van der Waals surface area contributed by atoms with Crippen molar-refractivity contribution in [1.82, 2.24) is 0 Å². The molecule has 0 unspecified atom stereocenters. The van der Waals surface area contributed by atoms with Crippen LogP contribution >= 0.6 is 0 Å². The zero-order chi connectivity index (χ0) is 14.7. The van der Waals surface area contributed by atoms with Gasteiger partial charge < -0.3 is 5.11 Å². The molecular formula is C18H24O2. The van der Waals surface area contributed by atoms with E-state index < -0.39 is 0 Å². The molecule has 0 heterocycles. The van der Waals surface area contributed by atoms with Gasteiger partial charge in [-0.2, -0.15) is 0 Å². The van der Waals surface area contributed by atoms with Crippen LogP contribution in [0.3, 0.4) is 0 Å². The Morgan fingerprint density at radius 3 is 2.50 bits per heavy atom. The summed E-state index contributed by atoms with van der Waals surface area (Å²) in [6.45, 7) is 9.00. The molecule has 2 aliphatic rings. The van der Waals surface area contributed by atoms with E-state index in [2.05, 4.69) is 20.8 Å². The summed E-state index contributed by atoms with van der Waals surface area (Å²) in [6, 6.07) is 3.68. The Morgan fingerprint density at radius 1 is 1.30 bits per heavy atom. The lowest BCUT2D eigenvalue weighted by molar-refractivity contribution is 0.112. The summed E-state index contributed by atoms with van der Waals surface area (Å²) in [5.41, 5.74) is 3.02. The van der Waals surface area contributed by atoms with E-state index in [0.29, 0.717) is 22.6 Å². The van der Waals surface area contributed by atoms with Crippen molar-refractivity contribution in [2.45, 2.75) is 52.9 Å². The van der Waals surface area contributed by atoms with Crippen LogP contribution in [0.25, 0.3) is 0 Å². The second-order valence-electron chi connectivity index (χ2n) is 7.56. The van der Waals surface area contributed by atoms with Crippen molar-refractivity contribution in [2.24, 2.45) is 16.7 Å². The first-order valence-electron chi connectivity index (χ1n) is 7.60. The van der Waals surface area contributed by atoms with E-state index in [-0.39, 0.29) is 5.41 Å². The third-order valence-corrected chi connectivity index (χ3v) is 6.66. The fourth-order valence-corrected chi connectivity index (χ4v) is 4.84. The van der Waals surface area contributed by atoms with Crippen LogP contribution in [-0.4, -0.2) is 11.4 Å². The highest BCUT2D eigenvalue weighted by Crippen LogP contribution is 2.71. The highest BCUT2D eigenvalue weighted by atomic mass is 16.3. The van der Waals surface area contributed by atoms with Crippen molar-refractivity contribution in [3.05, 3.63) is 28.8 Å². The molecule has 2 aliphatic carbocycles. The van der Waals surface area contributed by atoms with Crippen LogP contribution in [0.5, 0.6) is 5.75 Å². The number of aldehydes is 1. The van der Waals surface area contributed by atoms with E-state index in [1.807, 2.05) is 13.0 Å². The third-order valence-electron chi connectivity index (χ3n) is 6.66. The second kappa shape index (κ2) is 4.09. The summed E-state index contributed by atoms with van der Waals surface area (Å²) in [4.78, 5) is 11.1. The molecule has 0 saturated heterocycles. The van der Waals surface area contributed by atoms with Crippen molar-refractivity contribution < 1.29 is 9.90 Å². The van der Waals surface area contributed by atoms with Gasteiger partial charge in [-0.15, -0.1) is 0 Å². The predicted molar refractivity (Wildman–Crippen MR) is 80.2 cm³/mol. The lowest BCUT2D eigenvalue weighted by atomic mass is 9.64. The molecule has 20 heavy (non-hydrogen) atoms. The first-order valence-corrected chi connectivity index (χ1v) is 7.60. The SMILES string of the molecule is Cc1cc(C=O)cc([C@@H]2C[C@H]3CC[C@]2(C)C3(C)C)c1O. The summed E-state index contributed by atoms with van der Waals surface area (Å²) in [5.74, 6) is 1.50. The zero-order valence-corrected chi connectivity index (χ0v) is 12.9. The Hall–Kier alpha value is -1.31. The number of aromatic hydroxyl groups is 1. The average molecular weight is 272 g/mol. The molecule has 1 aromatic rings. The summed E-state index contributed by atoms with van der Waals surface area (Å²) in [5, 5.41) is 10.5. The highest BCUT2D eigenvalue weighted by molar-refractivity contribution is 5.76. The molecule has 3 atom stereocenters. The summed E-state index contributed by atoms with van der Waals surface area (Å²) >= 11 is 0. The third kappa shape index (κ3) is 1.54. The maximum atomic E-state index is 11.1. The van der Waals surface area contributed by atoms with Crippen molar-refractivity contribution >= 4 is 6.29 Å². The van der Waals surface area contributed by atoms with E-state index >= 15 is 0 Å². The van der Waals surface area contributed by atoms with Crippen molar-refractivity contribution in [1.29, 1.82) is 0 Å². The predicted octanol–water partition coefficient (Wildman–Crippen LogP) is 4.44. The second-order valence-corrected chi connectivity index (χ2v) is 7.56. The monoisotopic (exact) mass is 272 g/mol. The summed E-state index contributed by atoms with van der Waals surface area (Å²) < 4.78 is 0. The number of hydrogen-bond donors (Lipinski definition) is 1. The maximum absolute atomic E-state index is 11.1. The Balaban J connectivity index is 2.12. The van der Waals surface area contributed by atoms with Gasteiger partial charge in [-0.1, -0.05) is 20.8 Å². The number of hydrogen-bond acceptors (Lipinski definition) is 2. The van der Waals surface area contributed by atoms with Gasteiger partial charge in [-0.05, 0) is 72.1 Å². The lowest BCUT2D eigenvalue weighted by Crippen LogP contribution is -2.31. The molecule has 0 spiro atoms. The summed E-state index contributed by atoms with van der Waals surface area (Å²) in [6.07, 6.45) is 4.54. The topological polar surface area (TPSA) is 37.3 Å². The van der Waals surface area contributed by atoms with Crippen LogP contribution in [0.15, 0.2) is 12.1 Å². The Bertz CT molecular complexity index is 573. The molecule has 3 rings (SSSR count). The van der Waals surface area contributed by atoms with Gasteiger partial charge in [0.1, 0.15) is 12.0 Å². The molecule has 108 valence electrons. The average Bonchev–Trinajstić information content (AvgIpc) is 2.74. The Kier molecular flexibility index (Phi) is 2.80. The van der Waals surface area contributed by atoms with Crippen molar-refractivity contribution in [3.8, 4) is 5.75 Å². The quantitative estimate of drug-likeness (QED) is 0.808. The van der Waals surface area contributed by atoms with Crippen molar-refractivity contribution in [2.75, 3.05) is 0 Å². The minimum atomic E-state index is 0.225. The number of benzene rings is 1. The van der Waals surface area contributed by atoms with E-state index in [4.69, 9.17) is 0 Å². The van der Waals surface area contributed by atoms with Gasteiger partial charge in [-0.3, -0.25) is 4.79 Å². The van der Waals surface area contributed by atoms with Crippen LogP contribution in [0, 0.1) is 23.7 Å². The molecule has 0 aliphatic heterocycles. The molecule has 2 heteroatoms. The molecule has 0 amide bonds. The normalized spacial score (nSPS) is 34.4. The fraction of sp³-hybridized carbons (Fsp3) is 0.611. The first kappa shape index (κ1) is 13.7. The molecule has 2 bridgehead atoms. The number of aryl methyl sites for hydroxylation is 1. The van der Waals surface area contributed by atoms with Crippen molar-refractivity contribution in [3.63, 3.8) is 0 Å². The number of rotatable bonds is 2. The molecular weight excluding hydrogens is 248 g/mol. The maximum Gasteiger partial charge on any atom is 0.150 e. The number of phenols is 1. The molecule has 1 aromatic carbocycles. The van der Waals surface area contributed by atoms with Crippen LogP contribution in [0.4, 0.5) is 0 Å². The molecule has 1 N–H and O–H groups in total. The van der Waals surface area contributed by atoms with Gasteiger partial charge >= 0.3 is 0 Å². The Morgan fingerprint density at radius 2 is 2.00 bits per heavy atom. The number of phenolic OH excluding ortho intramolecular Hbond substituents is 1. The summed E-state index contributed by atoms with van der Waals surface area (Å²) in [7, 11) is 0. The molecule has 2 saturated carbocycles. The Labute approximate surface area is 121 Å². The molecule has 0 aromatic heterocycles. The van der Waals surface area contributed by atoms with Crippen LogP contribution in [-0.2, 0) is 0 Å². The standard InChI is InChI=1S/C18H24O2/c1-11-7-12(10-19)8-14(16(11)20)15-9-13-5-6-18(15,4)17(13,2)3/h7-8,10,13,15,20H,5-6,9H2,1-4H3/t13-,15+,18+/m1/s1. The smallest absolute Gasteiger partial charge is 0.150 e. The number of fused-ring (bicyclic) bond motifs is 2. The van der Waals surface area contributed by atoms with Crippen LogP contribution < -0.4 is 0 Å². The molecule has 2 fully saturated rings. The van der Waals surface area contributed by atoms with Gasteiger partial charge in [0.2, 0.25) is 0 Å². The minimum Gasteiger partial charge on any atom is -0.507 e. The van der Waals surface area contributed by atoms with Crippen LogP contribution in [0.2, 0.25) is 0 Å². The van der Waals surface area contributed by atoms with E-state index in [1.165, 1.54) is 12.8 Å². The molecule has 2 nitrogen and oxygen atoms in total. The van der Waals surface area contributed by atoms with E-state index in [0.717, 1.165) is 29.8 Å². The highest BCUT2D eigenvalue weighted by Gasteiger charge is 2.61. The van der Waals surface area contributed by atoms with Crippen LogP contribution in [0.1, 0.15) is 67.4 Å². The van der Waals surface area contributed by atoms with E-state index in [9.17, 15) is 9.90 Å². The van der Waals surface area contributed by atoms with Gasteiger partial charge in [0.05, 0.1) is 0 Å². The largest absolute Gasteiger partial charge is 0.507 e. The van der Waals surface area contributed by atoms with Gasteiger partial charge in [0.15, 0.2) is 0 Å². The first-order chi connectivity index (χ1) is 9.31.